The molecular formula is C21H19FN2O4. The van der Waals surface area contributed by atoms with Gasteiger partial charge >= 0.3 is 5.97 Å². The van der Waals surface area contributed by atoms with Crippen LogP contribution >= 0.6 is 0 Å². The van der Waals surface area contributed by atoms with E-state index in [1.54, 1.807) is 25.1 Å². The number of hydrogen-bond donors (Lipinski definition) is 1. The molecule has 3 rings (SSSR count). The molecule has 0 aliphatic carbocycles. The van der Waals surface area contributed by atoms with E-state index < -0.39 is 11.7 Å². The van der Waals surface area contributed by atoms with Crippen molar-refractivity contribution >= 4 is 23.3 Å². The molecule has 28 heavy (non-hydrogen) atoms. The van der Waals surface area contributed by atoms with E-state index in [2.05, 4.69) is 10.2 Å². The molecule has 0 saturated heterocycles. The van der Waals surface area contributed by atoms with Gasteiger partial charge in [0.05, 0.1) is 25.2 Å². The third kappa shape index (κ3) is 4.46. The van der Waals surface area contributed by atoms with Gasteiger partial charge in [-0.05, 0) is 49.6 Å². The van der Waals surface area contributed by atoms with E-state index in [1.807, 2.05) is 0 Å². The summed E-state index contributed by atoms with van der Waals surface area (Å²) in [6.45, 7) is 8.98. The molecule has 0 fully saturated rings. The smallest absolute Gasteiger partial charge is 0.309 e. The highest BCUT2D eigenvalue weighted by Crippen LogP contribution is 2.31. The molecule has 0 aromatic heterocycles. The number of anilines is 1. The zero-order valence-electron chi connectivity index (χ0n) is 15.3. The van der Waals surface area contributed by atoms with Gasteiger partial charge in [0.1, 0.15) is 17.7 Å². The molecule has 0 saturated carbocycles. The van der Waals surface area contributed by atoms with E-state index in [0.717, 1.165) is 11.6 Å². The molecule has 2 aromatic rings. The minimum absolute atomic E-state index is 0.129. The fourth-order valence-electron chi connectivity index (χ4n) is 3.03. The fourth-order valence-corrected chi connectivity index (χ4v) is 3.03. The van der Waals surface area contributed by atoms with Gasteiger partial charge in [-0.15, -0.1) is 0 Å². The summed E-state index contributed by atoms with van der Waals surface area (Å²) in [7, 11) is 0. The Morgan fingerprint density at radius 1 is 1.32 bits per heavy atom. The number of carbonyl (C=O) groups is 2. The summed E-state index contributed by atoms with van der Waals surface area (Å²) in [4.78, 5) is 27.1. The van der Waals surface area contributed by atoms with Crippen molar-refractivity contribution in [1.82, 2.24) is 0 Å². The number of hydrogen-bond acceptors (Lipinski definition) is 4. The van der Waals surface area contributed by atoms with Crippen molar-refractivity contribution < 1.29 is 23.5 Å². The Hall–Kier alpha value is -3.40. The van der Waals surface area contributed by atoms with Gasteiger partial charge in [0.2, 0.25) is 0 Å². The van der Waals surface area contributed by atoms with Crippen LogP contribution in [0.25, 0.3) is 4.85 Å². The van der Waals surface area contributed by atoms with Crippen LogP contribution < -0.4 is 10.1 Å². The van der Waals surface area contributed by atoms with Crippen molar-refractivity contribution in [3.05, 3.63) is 64.8 Å². The Labute approximate surface area is 162 Å². The molecule has 7 heteroatoms. The number of halogens is 1. The Bertz CT molecular complexity index is 952. The lowest BCUT2D eigenvalue weighted by atomic mass is 10.00. The molecule has 0 bridgehead atoms. The molecule has 1 N–H and O–H groups in total. The van der Waals surface area contributed by atoms with E-state index in [0.29, 0.717) is 30.9 Å². The third-order valence-corrected chi connectivity index (χ3v) is 4.37. The summed E-state index contributed by atoms with van der Waals surface area (Å²) in [5.41, 5.74) is 1.43. The largest absolute Gasteiger partial charge is 0.490 e. The minimum atomic E-state index is -0.742. The molecule has 2 aromatic carbocycles. The lowest BCUT2D eigenvalue weighted by Crippen LogP contribution is -2.26. The zero-order chi connectivity index (χ0) is 20.1. The Morgan fingerprint density at radius 3 is 2.86 bits per heavy atom. The summed E-state index contributed by atoms with van der Waals surface area (Å²) < 4.78 is 24.8. The normalized spacial score (nSPS) is 15.0. The van der Waals surface area contributed by atoms with Gasteiger partial charge in [-0.1, -0.05) is 12.1 Å². The molecule has 1 atom stereocenters. The van der Waals surface area contributed by atoms with E-state index in [9.17, 15) is 14.0 Å². The number of esters is 1. The molecule has 6 nitrogen and oxygen atoms in total. The van der Waals surface area contributed by atoms with Gasteiger partial charge in [0.25, 0.3) is 5.91 Å². The summed E-state index contributed by atoms with van der Waals surface area (Å²) in [6, 6.07) is 8.88. The van der Waals surface area contributed by atoms with Gasteiger partial charge in [0, 0.05) is 5.69 Å². The van der Waals surface area contributed by atoms with Gasteiger partial charge in [-0.25, -0.2) is 9.24 Å². The molecule has 1 unspecified atom stereocenters. The average Bonchev–Trinajstić information content (AvgIpc) is 2.68. The number of rotatable bonds is 5. The van der Waals surface area contributed by atoms with E-state index in [1.165, 1.54) is 12.1 Å². The first-order valence-corrected chi connectivity index (χ1v) is 8.93. The van der Waals surface area contributed by atoms with Crippen molar-refractivity contribution in [3.63, 3.8) is 0 Å². The van der Waals surface area contributed by atoms with E-state index in [-0.39, 0.29) is 29.7 Å². The SMILES string of the molecule is [C-]#[N+]c1ccc(C(=O)Nc2ccc3c(c2)CCC(CC(=O)OCC)O3)c(F)c1. The number of nitrogens with zero attached hydrogens (tertiary/aromatic N) is 1. The molecule has 144 valence electrons. The number of aryl methyl sites for hydroxylation is 1. The van der Waals surface area contributed by atoms with E-state index in [4.69, 9.17) is 16.0 Å². The van der Waals surface area contributed by atoms with E-state index >= 15 is 0 Å². The Morgan fingerprint density at radius 2 is 2.14 bits per heavy atom. The average molecular weight is 382 g/mol. The highest BCUT2D eigenvalue weighted by Gasteiger charge is 2.23. The summed E-state index contributed by atoms with van der Waals surface area (Å²) in [5.74, 6) is -0.961. The van der Waals surface area contributed by atoms with Crippen LogP contribution in [-0.2, 0) is 16.0 Å². The molecule has 1 aliphatic heterocycles. The van der Waals surface area contributed by atoms with Gasteiger partial charge in [-0.2, -0.15) is 0 Å². The first kappa shape index (κ1) is 19.4. The van der Waals surface area contributed by atoms with Gasteiger partial charge in [0.15, 0.2) is 5.69 Å². The van der Waals surface area contributed by atoms with Crippen LogP contribution in [0.1, 0.15) is 35.7 Å². The lowest BCUT2D eigenvalue weighted by molar-refractivity contribution is -0.145. The molecule has 1 heterocycles. The maximum absolute atomic E-state index is 14.0. The zero-order valence-corrected chi connectivity index (χ0v) is 15.3. The van der Waals surface area contributed by atoms with Crippen molar-refractivity contribution in [2.45, 2.75) is 32.3 Å². The van der Waals surface area contributed by atoms with Crippen molar-refractivity contribution in [3.8, 4) is 5.75 Å². The summed E-state index contributed by atoms with van der Waals surface area (Å²) in [5, 5.41) is 2.66. The second kappa shape index (κ2) is 8.53. The van der Waals surface area contributed by atoms with Crippen LogP contribution in [0.3, 0.4) is 0 Å². The predicted molar refractivity (Wildman–Crippen MR) is 101 cm³/mol. The van der Waals surface area contributed by atoms with Crippen LogP contribution in [0.15, 0.2) is 36.4 Å². The van der Waals surface area contributed by atoms with Gasteiger partial charge in [-0.3, -0.25) is 9.59 Å². The second-order valence-electron chi connectivity index (χ2n) is 6.34. The maximum atomic E-state index is 14.0. The number of ether oxygens (including phenoxy) is 2. The standard InChI is InChI=1S/C21H19FN2O4/c1-3-27-20(25)12-16-7-4-13-10-15(6-9-19(13)28-16)24-21(26)17-8-5-14(23-2)11-18(17)22/h5-6,8-11,16H,3-4,7,12H2,1H3,(H,24,26). The van der Waals surface area contributed by atoms with Crippen molar-refractivity contribution in [2.24, 2.45) is 0 Å². The molecule has 1 amide bonds. The first-order chi connectivity index (χ1) is 13.5. The lowest BCUT2D eigenvalue weighted by Gasteiger charge is -2.26. The predicted octanol–water partition coefficient (Wildman–Crippen LogP) is 4.28. The minimum Gasteiger partial charge on any atom is -0.490 e. The Kier molecular flexibility index (Phi) is 5.90. The Balaban J connectivity index is 1.67. The third-order valence-electron chi connectivity index (χ3n) is 4.37. The fraction of sp³-hybridized carbons (Fsp3) is 0.286. The second-order valence-corrected chi connectivity index (χ2v) is 6.34. The maximum Gasteiger partial charge on any atom is 0.309 e. The number of carbonyl (C=O) groups excluding carboxylic acids is 2. The number of nitrogens with one attached hydrogen (secondary N) is 1. The van der Waals surface area contributed by atoms with Crippen molar-refractivity contribution in [1.29, 1.82) is 0 Å². The van der Waals surface area contributed by atoms with Crippen LogP contribution in [0.5, 0.6) is 5.75 Å². The molecule has 0 radical (unpaired) electrons. The topological polar surface area (TPSA) is 69.0 Å². The quantitative estimate of drug-likeness (QED) is 0.619. The molecular weight excluding hydrogens is 363 g/mol. The number of benzene rings is 2. The first-order valence-electron chi connectivity index (χ1n) is 8.93. The molecule has 1 aliphatic rings. The number of amides is 1. The van der Waals surface area contributed by atoms with Crippen molar-refractivity contribution in [2.75, 3.05) is 11.9 Å². The number of fused-ring (bicyclic) bond motifs is 1. The summed E-state index contributed by atoms with van der Waals surface area (Å²) in [6.07, 6.45) is 1.32. The highest BCUT2D eigenvalue weighted by molar-refractivity contribution is 6.04. The monoisotopic (exact) mass is 382 g/mol. The molecule has 0 spiro atoms. The van der Waals surface area contributed by atoms with Crippen LogP contribution in [-0.4, -0.2) is 24.6 Å². The summed E-state index contributed by atoms with van der Waals surface area (Å²) >= 11 is 0. The highest BCUT2D eigenvalue weighted by atomic mass is 19.1. The van der Waals surface area contributed by atoms with Crippen LogP contribution in [0, 0.1) is 12.4 Å². The van der Waals surface area contributed by atoms with Crippen LogP contribution in [0.2, 0.25) is 0 Å². The van der Waals surface area contributed by atoms with Crippen LogP contribution in [0.4, 0.5) is 15.8 Å². The van der Waals surface area contributed by atoms with Gasteiger partial charge < -0.3 is 14.8 Å².